The van der Waals surface area contributed by atoms with Gasteiger partial charge in [0.05, 0.1) is 0 Å². The summed E-state index contributed by atoms with van der Waals surface area (Å²) in [5.41, 5.74) is 0.0841. The van der Waals surface area contributed by atoms with Crippen LogP contribution in [0.1, 0.15) is 26.7 Å². The van der Waals surface area contributed by atoms with E-state index in [0.717, 1.165) is 37.8 Å². The molecule has 1 aromatic heterocycles. The number of nitrogens with zero attached hydrogens (tertiary/aromatic N) is 2. The lowest BCUT2D eigenvalue weighted by atomic mass is 10.1. The van der Waals surface area contributed by atoms with Crippen LogP contribution in [-0.2, 0) is 6.54 Å². The van der Waals surface area contributed by atoms with Crippen molar-refractivity contribution < 1.29 is 0 Å². The number of halogens is 1. The van der Waals surface area contributed by atoms with Gasteiger partial charge in [-0.25, -0.2) is 0 Å². The van der Waals surface area contributed by atoms with E-state index in [0.29, 0.717) is 6.04 Å². The molecule has 102 valence electrons. The molecule has 0 N–H and O–H groups in total. The van der Waals surface area contributed by atoms with Crippen molar-refractivity contribution in [1.29, 1.82) is 0 Å². The van der Waals surface area contributed by atoms with E-state index in [4.69, 9.17) is 0 Å². The van der Waals surface area contributed by atoms with E-state index in [1.54, 1.807) is 16.7 Å². The average molecular weight is 315 g/mol. The number of hydrogen-bond donors (Lipinski definition) is 0. The van der Waals surface area contributed by atoms with Crippen LogP contribution in [-0.4, -0.2) is 33.9 Å². The summed E-state index contributed by atoms with van der Waals surface area (Å²) in [6.07, 6.45) is 4.18. The molecule has 0 radical (unpaired) electrons. The molecule has 0 fully saturated rings. The molecule has 0 aliphatic rings. The molecule has 0 saturated heterocycles. The molecule has 0 aliphatic heterocycles. The summed E-state index contributed by atoms with van der Waals surface area (Å²) in [5, 5.41) is 0.979. The molecule has 0 unspecified atom stereocenters. The summed E-state index contributed by atoms with van der Waals surface area (Å²) in [5.74, 6) is 0. The lowest BCUT2D eigenvalue weighted by Gasteiger charge is -2.30. The molecule has 0 atom stereocenters. The molecule has 18 heavy (non-hydrogen) atoms. The van der Waals surface area contributed by atoms with Crippen LogP contribution in [0, 0.1) is 0 Å². The summed E-state index contributed by atoms with van der Waals surface area (Å²) in [7, 11) is 0. The minimum Gasteiger partial charge on any atom is -0.314 e. The molecule has 0 amide bonds. The first-order valence-corrected chi connectivity index (χ1v) is 7.80. The van der Waals surface area contributed by atoms with Gasteiger partial charge >= 0.3 is 0 Å². The van der Waals surface area contributed by atoms with Crippen molar-refractivity contribution in [3.8, 4) is 0 Å². The molecule has 0 saturated carbocycles. The highest BCUT2D eigenvalue weighted by Crippen LogP contribution is 2.09. The number of alkyl halides is 1. The van der Waals surface area contributed by atoms with Crippen molar-refractivity contribution in [2.75, 3.05) is 18.4 Å². The monoisotopic (exact) mass is 314 g/mol. The van der Waals surface area contributed by atoms with Crippen LogP contribution in [0.15, 0.2) is 29.2 Å². The zero-order chi connectivity index (χ0) is 13.4. The molecular formula is C14H23BrN2O. The summed E-state index contributed by atoms with van der Waals surface area (Å²) in [4.78, 5) is 14.1. The molecular weight excluding hydrogens is 292 g/mol. The molecule has 1 aromatic rings. The fraction of sp³-hybridized carbons (Fsp3) is 0.643. The lowest BCUT2D eigenvalue weighted by molar-refractivity contribution is 0.190. The Bertz CT molecular complexity index is 387. The van der Waals surface area contributed by atoms with Crippen molar-refractivity contribution in [3.63, 3.8) is 0 Å². The highest BCUT2D eigenvalue weighted by Gasteiger charge is 2.14. The second kappa shape index (κ2) is 8.48. The van der Waals surface area contributed by atoms with Crippen molar-refractivity contribution in [2.24, 2.45) is 0 Å². The third kappa shape index (κ3) is 4.58. The maximum absolute atomic E-state index is 11.6. The smallest absolute Gasteiger partial charge is 0.250 e. The normalized spacial score (nSPS) is 11.4. The van der Waals surface area contributed by atoms with Crippen LogP contribution >= 0.6 is 15.9 Å². The SMILES string of the molecule is CCC(CC)N(CCBr)CCn1ccccc1=O. The average Bonchev–Trinajstić information content (AvgIpc) is 2.39. The van der Waals surface area contributed by atoms with E-state index >= 15 is 0 Å². The van der Waals surface area contributed by atoms with Gasteiger partial charge < -0.3 is 4.57 Å². The van der Waals surface area contributed by atoms with E-state index in [1.807, 2.05) is 12.3 Å². The predicted octanol–water partition coefficient (Wildman–Crippen LogP) is 2.73. The second-order valence-corrected chi connectivity index (χ2v) is 5.22. The fourth-order valence-corrected chi connectivity index (χ4v) is 2.73. The van der Waals surface area contributed by atoms with Gasteiger partial charge in [0.25, 0.3) is 5.56 Å². The van der Waals surface area contributed by atoms with E-state index in [1.165, 1.54) is 0 Å². The molecule has 1 rings (SSSR count). The highest BCUT2D eigenvalue weighted by atomic mass is 79.9. The Hall–Kier alpha value is -0.610. The molecule has 1 heterocycles. The molecule has 3 nitrogen and oxygen atoms in total. The first kappa shape index (κ1) is 15.4. The number of rotatable bonds is 8. The third-order valence-electron chi connectivity index (χ3n) is 3.36. The van der Waals surface area contributed by atoms with Crippen LogP contribution in [0.25, 0.3) is 0 Å². The number of pyridine rings is 1. The Kier molecular flexibility index (Phi) is 7.28. The third-order valence-corrected chi connectivity index (χ3v) is 3.71. The largest absolute Gasteiger partial charge is 0.314 e. The maximum Gasteiger partial charge on any atom is 0.250 e. The summed E-state index contributed by atoms with van der Waals surface area (Å²) in [6, 6.07) is 5.93. The predicted molar refractivity (Wildman–Crippen MR) is 80.4 cm³/mol. The topological polar surface area (TPSA) is 25.2 Å². The van der Waals surface area contributed by atoms with Gasteiger partial charge in [-0.05, 0) is 18.9 Å². The van der Waals surface area contributed by atoms with Gasteiger partial charge in [-0.1, -0.05) is 35.8 Å². The van der Waals surface area contributed by atoms with Gasteiger partial charge in [0.15, 0.2) is 0 Å². The lowest BCUT2D eigenvalue weighted by Crippen LogP contribution is -2.39. The number of hydrogen-bond acceptors (Lipinski definition) is 2. The Morgan fingerprint density at radius 3 is 2.56 bits per heavy atom. The zero-order valence-corrected chi connectivity index (χ0v) is 12.9. The van der Waals surface area contributed by atoms with Crippen LogP contribution in [0.2, 0.25) is 0 Å². The van der Waals surface area contributed by atoms with Crippen LogP contribution in [0.4, 0.5) is 0 Å². The van der Waals surface area contributed by atoms with Crippen molar-refractivity contribution in [1.82, 2.24) is 9.47 Å². The fourth-order valence-electron chi connectivity index (χ4n) is 2.27. The minimum atomic E-state index is 0.0841. The zero-order valence-electron chi connectivity index (χ0n) is 11.3. The summed E-state index contributed by atoms with van der Waals surface area (Å²) in [6.45, 7) is 7.19. The summed E-state index contributed by atoms with van der Waals surface area (Å²) < 4.78 is 1.78. The molecule has 0 aliphatic carbocycles. The summed E-state index contributed by atoms with van der Waals surface area (Å²) >= 11 is 3.51. The minimum absolute atomic E-state index is 0.0841. The Labute approximate surface area is 118 Å². The quantitative estimate of drug-likeness (QED) is 0.689. The number of aromatic nitrogens is 1. The van der Waals surface area contributed by atoms with Crippen molar-refractivity contribution in [2.45, 2.75) is 39.3 Å². The van der Waals surface area contributed by atoms with Gasteiger partial charge in [-0.3, -0.25) is 9.69 Å². The highest BCUT2D eigenvalue weighted by molar-refractivity contribution is 9.09. The molecule has 0 spiro atoms. The standard InChI is InChI=1S/C14H23BrN2O/c1-3-13(4-2)16(10-8-15)11-12-17-9-6-5-7-14(17)18/h5-7,9,13H,3-4,8,10-12H2,1-2H3. The van der Waals surface area contributed by atoms with Crippen LogP contribution in [0.5, 0.6) is 0 Å². The second-order valence-electron chi connectivity index (χ2n) is 4.43. The Morgan fingerprint density at radius 1 is 1.28 bits per heavy atom. The van der Waals surface area contributed by atoms with Gasteiger partial charge in [0.1, 0.15) is 0 Å². The van der Waals surface area contributed by atoms with E-state index in [2.05, 4.69) is 34.7 Å². The van der Waals surface area contributed by atoms with Gasteiger partial charge in [-0.2, -0.15) is 0 Å². The van der Waals surface area contributed by atoms with Crippen LogP contribution < -0.4 is 5.56 Å². The van der Waals surface area contributed by atoms with Gasteiger partial charge in [0, 0.05) is 43.3 Å². The molecule has 4 heteroatoms. The molecule has 0 aromatic carbocycles. The van der Waals surface area contributed by atoms with Crippen LogP contribution in [0.3, 0.4) is 0 Å². The van der Waals surface area contributed by atoms with Crippen molar-refractivity contribution >= 4 is 15.9 Å². The van der Waals surface area contributed by atoms with E-state index in [9.17, 15) is 4.79 Å². The first-order chi connectivity index (χ1) is 8.72. The van der Waals surface area contributed by atoms with Gasteiger partial charge in [0.2, 0.25) is 0 Å². The van der Waals surface area contributed by atoms with Crippen molar-refractivity contribution in [3.05, 3.63) is 34.7 Å². The Morgan fingerprint density at radius 2 is 2.00 bits per heavy atom. The van der Waals surface area contributed by atoms with Gasteiger partial charge in [-0.15, -0.1) is 0 Å². The Balaban J connectivity index is 2.62. The molecule has 0 bridgehead atoms. The first-order valence-electron chi connectivity index (χ1n) is 6.68. The van der Waals surface area contributed by atoms with E-state index in [-0.39, 0.29) is 5.56 Å². The van der Waals surface area contributed by atoms with E-state index < -0.39 is 0 Å². The maximum atomic E-state index is 11.6.